The molecule has 3 nitrogen and oxygen atoms in total. The van der Waals surface area contributed by atoms with Gasteiger partial charge in [0.2, 0.25) is 0 Å². The number of unbranched alkanes of at least 4 members (excludes halogenated alkanes) is 1. The molecule has 0 spiro atoms. The summed E-state index contributed by atoms with van der Waals surface area (Å²) >= 11 is 0. The molecule has 13 heavy (non-hydrogen) atoms. The first-order chi connectivity index (χ1) is 6.07. The van der Waals surface area contributed by atoms with Crippen molar-refractivity contribution in [2.75, 3.05) is 6.61 Å². The smallest absolute Gasteiger partial charge is 0.333 e. The van der Waals surface area contributed by atoms with Gasteiger partial charge in [0.25, 0.3) is 0 Å². The minimum atomic E-state index is -0.355. The number of hydrogen-bond acceptors (Lipinski definition) is 3. The highest BCUT2D eigenvalue weighted by Gasteiger charge is 2.07. The fourth-order valence-electron chi connectivity index (χ4n) is 0.856. The van der Waals surface area contributed by atoms with E-state index in [0.29, 0.717) is 12.2 Å². The molecular weight excluding hydrogens is 166 g/mol. The maximum atomic E-state index is 10.9. The Bertz CT molecular complexity index is 178. The van der Waals surface area contributed by atoms with Crippen molar-refractivity contribution in [3.05, 3.63) is 12.2 Å². The van der Waals surface area contributed by atoms with E-state index in [1.165, 1.54) is 0 Å². The summed E-state index contributed by atoms with van der Waals surface area (Å²) in [4.78, 5) is 10.9. The van der Waals surface area contributed by atoms with Crippen molar-refractivity contribution in [1.29, 1.82) is 0 Å². The Morgan fingerprint density at radius 3 is 2.69 bits per heavy atom. The third-order valence-electron chi connectivity index (χ3n) is 1.71. The minimum absolute atomic E-state index is 0.0387. The fraction of sp³-hybridized carbons (Fsp3) is 0.700. The van der Waals surface area contributed by atoms with E-state index in [0.717, 1.165) is 19.3 Å². The molecule has 76 valence electrons. The average molecular weight is 185 g/mol. The summed E-state index contributed by atoms with van der Waals surface area (Å²) in [5, 5.41) is 0. The molecule has 0 saturated heterocycles. The predicted molar refractivity (Wildman–Crippen MR) is 53.3 cm³/mol. The molecule has 0 rings (SSSR count). The van der Waals surface area contributed by atoms with Crippen molar-refractivity contribution in [3.8, 4) is 0 Å². The molecule has 0 aliphatic carbocycles. The second-order valence-electron chi connectivity index (χ2n) is 3.28. The summed E-state index contributed by atoms with van der Waals surface area (Å²) in [5.41, 5.74) is 6.12. The van der Waals surface area contributed by atoms with Crippen molar-refractivity contribution >= 4 is 5.97 Å². The van der Waals surface area contributed by atoms with Crippen LogP contribution in [0.15, 0.2) is 12.2 Å². The second-order valence-corrected chi connectivity index (χ2v) is 3.28. The van der Waals surface area contributed by atoms with E-state index in [1.807, 2.05) is 0 Å². The highest BCUT2D eigenvalue weighted by Crippen LogP contribution is 2.00. The molecule has 3 heteroatoms. The zero-order valence-electron chi connectivity index (χ0n) is 8.51. The summed E-state index contributed by atoms with van der Waals surface area (Å²) in [6.07, 6.45) is 3.09. The standard InChI is InChI=1S/C10H19NO2/c1-4-5-6-9(11)7-13-10(12)8(2)3/h9H,2,4-7,11H2,1,3H3. The van der Waals surface area contributed by atoms with Crippen LogP contribution < -0.4 is 5.73 Å². The van der Waals surface area contributed by atoms with Crippen molar-refractivity contribution in [2.24, 2.45) is 5.73 Å². The van der Waals surface area contributed by atoms with Crippen molar-refractivity contribution in [3.63, 3.8) is 0 Å². The number of hydrogen-bond donors (Lipinski definition) is 1. The van der Waals surface area contributed by atoms with Gasteiger partial charge in [-0.15, -0.1) is 0 Å². The predicted octanol–water partition coefficient (Wildman–Crippen LogP) is 1.62. The van der Waals surface area contributed by atoms with Crippen LogP contribution in [-0.4, -0.2) is 18.6 Å². The third-order valence-corrected chi connectivity index (χ3v) is 1.71. The second kappa shape index (κ2) is 6.66. The Morgan fingerprint density at radius 1 is 1.62 bits per heavy atom. The van der Waals surface area contributed by atoms with Crippen LogP contribution in [0.5, 0.6) is 0 Å². The fourth-order valence-corrected chi connectivity index (χ4v) is 0.856. The highest BCUT2D eigenvalue weighted by molar-refractivity contribution is 5.86. The number of esters is 1. The van der Waals surface area contributed by atoms with E-state index < -0.39 is 0 Å². The van der Waals surface area contributed by atoms with Crippen LogP contribution in [0.3, 0.4) is 0 Å². The van der Waals surface area contributed by atoms with Gasteiger partial charge in [-0.1, -0.05) is 26.3 Å². The van der Waals surface area contributed by atoms with Crippen LogP contribution in [-0.2, 0) is 9.53 Å². The average Bonchev–Trinajstić information content (AvgIpc) is 2.10. The number of carbonyl (C=O) groups excluding carboxylic acids is 1. The van der Waals surface area contributed by atoms with Crippen LogP contribution >= 0.6 is 0 Å². The van der Waals surface area contributed by atoms with Crippen LogP contribution in [0.4, 0.5) is 0 Å². The number of rotatable bonds is 6. The molecule has 0 heterocycles. The first-order valence-corrected chi connectivity index (χ1v) is 4.66. The van der Waals surface area contributed by atoms with E-state index in [1.54, 1.807) is 6.92 Å². The SMILES string of the molecule is C=C(C)C(=O)OCC(N)CCCC. The Balaban J connectivity index is 3.51. The van der Waals surface area contributed by atoms with Gasteiger partial charge in [0.05, 0.1) is 0 Å². The lowest BCUT2D eigenvalue weighted by Crippen LogP contribution is -2.27. The molecular formula is C10H19NO2. The van der Waals surface area contributed by atoms with E-state index in [-0.39, 0.29) is 12.0 Å². The highest BCUT2D eigenvalue weighted by atomic mass is 16.5. The van der Waals surface area contributed by atoms with Crippen molar-refractivity contribution < 1.29 is 9.53 Å². The summed E-state index contributed by atoms with van der Waals surface area (Å²) in [6.45, 7) is 7.51. The maximum absolute atomic E-state index is 10.9. The van der Waals surface area contributed by atoms with Gasteiger partial charge in [-0.3, -0.25) is 0 Å². The van der Waals surface area contributed by atoms with E-state index in [2.05, 4.69) is 13.5 Å². The largest absolute Gasteiger partial charge is 0.461 e. The molecule has 0 fully saturated rings. The Labute approximate surface area is 79.9 Å². The quantitative estimate of drug-likeness (QED) is 0.505. The minimum Gasteiger partial charge on any atom is -0.461 e. The molecule has 0 aromatic carbocycles. The molecule has 0 radical (unpaired) electrons. The molecule has 0 aromatic heterocycles. The molecule has 1 unspecified atom stereocenters. The first-order valence-electron chi connectivity index (χ1n) is 4.66. The molecule has 0 aromatic rings. The maximum Gasteiger partial charge on any atom is 0.333 e. The summed E-state index contributed by atoms with van der Waals surface area (Å²) < 4.78 is 4.90. The first kappa shape index (κ1) is 12.2. The van der Waals surface area contributed by atoms with Crippen molar-refractivity contribution in [2.45, 2.75) is 39.2 Å². The lowest BCUT2D eigenvalue weighted by atomic mass is 10.1. The number of ether oxygens (including phenoxy) is 1. The van der Waals surface area contributed by atoms with Gasteiger partial charge in [-0.05, 0) is 13.3 Å². The van der Waals surface area contributed by atoms with Crippen LogP contribution in [0.1, 0.15) is 33.1 Å². The van der Waals surface area contributed by atoms with E-state index in [4.69, 9.17) is 10.5 Å². The van der Waals surface area contributed by atoms with Crippen LogP contribution in [0.25, 0.3) is 0 Å². The lowest BCUT2D eigenvalue weighted by Gasteiger charge is -2.11. The third kappa shape index (κ3) is 6.34. The summed E-state index contributed by atoms with van der Waals surface area (Å²) in [6, 6.07) is -0.0387. The van der Waals surface area contributed by atoms with Gasteiger partial charge in [0.15, 0.2) is 0 Å². The van der Waals surface area contributed by atoms with E-state index >= 15 is 0 Å². The number of nitrogens with two attached hydrogens (primary N) is 1. The molecule has 1 atom stereocenters. The van der Waals surface area contributed by atoms with Gasteiger partial charge in [-0.2, -0.15) is 0 Å². The molecule has 0 bridgehead atoms. The summed E-state index contributed by atoms with van der Waals surface area (Å²) in [5.74, 6) is -0.355. The molecule has 0 saturated carbocycles. The van der Waals surface area contributed by atoms with Gasteiger partial charge < -0.3 is 10.5 Å². The van der Waals surface area contributed by atoms with Crippen LogP contribution in [0.2, 0.25) is 0 Å². The molecule has 0 aliphatic rings. The van der Waals surface area contributed by atoms with Crippen LogP contribution in [0, 0.1) is 0 Å². The normalized spacial score (nSPS) is 12.2. The zero-order valence-corrected chi connectivity index (χ0v) is 8.51. The lowest BCUT2D eigenvalue weighted by molar-refractivity contribution is -0.139. The van der Waals surface area contributed by atoms with Gasteiger partial charge >= 0.3 is 5.97 Å². The Hall–Kier alpha value is -0.830. The number of carbonyl (C=O) groups is 1. The van der Waals surface area contributed by atoms with E-state index in [9.17, 15) is 4.79 Å². The van der Waals surface area contributed by atoms with Crippen molar-refractivity contribution in [1.82, 2.24) is 0 Å². The molecule has 0 amide bonds. The van der Waals surface area contributed by atoms with Gasteiger partial charge in [0.1, 0.15) is 6.61 Å². The monoisotopic (exact) mass is 185 g/mol. The Morgan fingerprint density at radius 2 is 2.23 bits per heavy atom. The van der Waals surface area contributed by atoms with Gasteiger partial charge in [0, 0.05) is 11.6 Å². The van der Waals surface area contributed by atoms with Gasteiger partial charge in [-0.25, -0.2) is 4.79 Å². The topological polar surface area (TPSA) is 52.3 Å². The zero-order chi connectivity index (χ0) is 10.3. The Kier molecular flexibility index (Phi) is 6.24. The molecule has 2 N–H and O–H groups in total. The summed E-state index contributed by atoms with van der Waals surface area (Å²) in [7, 11) is 0. The molecule has 0 aliphatic heterocycles.